The number of nitrogens with zero attached hydrogens (tertiary/aromatic N) is 3. The summed E-state index contributed by atoms with van der Waals surface area (Å²) in [6, 6.07) is 7.91. The number of rotatable bonds is 5. The number of piperidine rings is 1. The van der Waals surface area contributed by atoms with Gasteiger partial charge < -0.3 is 24.4 Å². The van der Waals surface area contributed by atoms with Gasteiger partial charge in [-0.3, -0.25) is 0 Å². The zero-order chi connectivity index (χ0) is 25.2. The van der Waals surface area contributed by atoms with Crippen molar-refractivity contribution >= 4 is 40.1 Å². The number of hydrogen-bond acceptors (Lipinski definition) is 7. The van der Waals surface area contributed by atoms with E-state index in [2.05, 4.69) is 15.3 Å². The van der Waals surface area contributed by atoms with Crippen LogP contribution in [0.25, 0.3) is 10.9 Å². The number of ether oxygens (including phenoxy) is 3. The smallest absolute Gasteiger partial charge is 0.410 e. The standard InChI is InChI=1S/C25H28ClFN4O4/c1-25(2,3)35-24(32)31-9-5-6-16(13-31)34-22-11-17-20(12-21(22)33-4)28-14-29-23(17)30-15-7-8-19(27)18(26)10-15/h7-8,10-12,14,16H,5-6,9,13H2,1-4H3,(H,28,29,30). The first-order chi connectivity index (χ1) is 16.6. The van der Waals surface area contributed by atoms with Gasteiger partial charge in [0, 0.05) is 23.7 Å². The SMILES string of the molecule is COc1cc2ncnc(Nc3ccc(F)c(Cl)c3)c2cc1OC1CCCN(C(=O)OC(C)(C)C)C1. The Balaban J connectivity index is 1.59. The molecule has 8 nitrogen and oxygen atoms in total. The van der Waals surface area contributed by atoms with Crippen LogP contribution in [-0.2, 0) is 4.74 Å². The molecule has 0 saturated carbocycles. The second-order valence-corrected chi connectivity index (χ2v) is 9.71. The molecule has 1 N–H and O–H groups in total. The Morgan fingerprint density at radius 1 is 1.20 bits per heavy atom. The highest BCUT2D eigenvalue weighted by Gasteiger charge is 2.29. The molecule has 3 aromatic rings. The van der Waals surface area contributed by atoms with E-state index in [1.165, 1.54) is 18.5 Å². The Morgan fingerprint density at radius 3 is 2.71 bits per heavy atom. The van der Waals surface area contributed by atoms with Gasteiger partial charge in [0.2, 0.25) is 0 Å². The van der Waals surface area contributed by atoms with Crippen LogP contribution in [-0.4, -0.2) is 52.9 Å². The van der Waals surface area contributed by atoms with Crippen molar-refractivity contribution in [2.24, 2.45) is 0 Å². The molecule has 1 saturated heterocycles. The molecule has 1 fully saturated rings. The van der Waals surface area contributed by atoms with Crippen molar-refractivity contribution in [1.82, 2.24) is 14.9 Å². The van der Waals surface area contributed by atoms with Gasteiger partial charge >= 0.3 is 6.09 Å². The van der Waals surface area contributed by atoms with Crippen LogP contribution in [0.4, 0.5) is 20.7 Å². The summed E-state index contributed by atoms with van der Waals surface area (Å²) in [7, 11) is 1.56. The quantitative estimate of drug-likeness (QED) is 0.461. The Morgan fingerprint density at radius 2 is 2.00 bits per heavy atom. The van der Waals surface area contributed by atoms with Gasteiger partial charge in [-0.1, -0.05) is 11.6 Å². The van der Waals surface area contributed by atoms with E-state index < -0.39 is 11.4 Å². The van der Waals surface area contributed by atoms with E-state index in [9.17, 15) is 9.18 Å². The van der Waals surface area contributed by atoms with Crippen LogP contribution in [0.1, 0.15) is 33.6 Å². The van der Waals surface area contributed by atoms with Crippen molar-refractivity contribution in [2.75, 3.05) is 25.5 Å². The Hall–Kier alpha value is -3.33. The van der Waals surface area contributed by atoms with Crippen molar-refractivity contribution in [2.45, 2.75) is 45.3 Å². The van der Waals surface area contributed by atoms with E-state index in [0.717, 1.165) is 12.8 Å². The lowest BCUT2D eigenvalue weighted by Gasteiger charge is -2.34. The molecule has 186 valence electrons. The largest absolute Gasteiger partial charge is 0.493 e. The van der Waals surface area contributed by atoms with Crippen LogP contribution in [0.3, 0.4) is 0 Å². The van der Waals surface area contributed by atoms with Gasteiger partial charge in [0.25, 0.3) is 0 Å². The van der Waals surface area contributed by atoms with Gasteiger partial charge in [-0.15, -0.1) is 0 Å². The number of hydrogen-bond donors (Lipinski definition) is 1. The van der Waals surface area contributed by atoms with Crippen LogP contribution in [0.5, 0.6) is 11.5 Å². The first-order valence-electron chi connectivity index (χ1n) is 11.3. The highest BCUT2D eigenvalue weighted by molar-refractivity contribution is 6.31. The number of anilines is 2. The zero-order valence-corrected chi connectivity index (χ0v) is 20.9. The van der Waals surface area contributed by atoms with Gasteiger partial charge in [-0.05, 0) is 57.9 Å². The molecule has 1 aromatic heterocycles. The van der Waals surface area contributed by atoms with Crippen molar-refractivity contribution in [1.29, 1.82) is 0 Å². The minimum atomic E-state index is -0.565. The molecule has 2 aromatic carbocycles. The number of carbonyl (C=O) groups is 1. The lowest BCUT2D eigenvalue weighted by atomic mass is 10.1. The maximum absolute atomic E-state index is 13.6. The molecule has 1 aliphatic heterocycles. The minimum Gasteiger partial charge on any atom is -0.493 e. The van der Waals surface area contributed by atoms with Crippen molar-refractivity contribution < 1.29 is 23.4 Å². The summed E-state index contributed by atoms with van der Waals surface area (Å²) in [6.07, 6.45) is 2.41. The number of nitrogens with one attached hydrogen (secondary N) is 1. The third-order valence-electron chi connectivity index (χ3n) is 5.43. The van der Waals surface area contributed by atoms with E-state index in [1.54, 1.807) is 30.2 Å². The molecule has 0 bridgehead atoms. The summed E-state index contributed by atoms with van der Waals surface area (Å²) in [5, 5.41) is 3.85. The van der Waals surface area contributed by atoms with Gasteiger partial charge in [-0.25, -0.2) is 19.2 Å². The normalized spacial score (nSPS) is 16.2. The van der Waals surface area contributed by atoms with Crippen LogP contribution < -0.4 is 14.8 Å². The van der Waals surface area contributed by atoms with Crippen LogP contribution in [0.15, 0.2) is 36.7 Å². The summed E-state index contributed by atoms with van der Waals surface area (Å²) < 4.78 is 30.9. The fourth-order valence-electron chi connectivity index (χ4n) is 3.83. The van der Waals surface area contributed by atoms with E-state index in [-0.39, 0.29) is 17.2 Å². The first-order valence-corrected chi connectivity index (χ1v) is 11.7. The van der Waals surface area contributed by atoms with Crippen LogP contribution in [0.2, 0.25) is 5.02 Å². The molecule has 0 radical (unpaired) electrons. The summed E-state index contributed by atoms with van der Waals surface area (Å²) in [4.78, 5) is 22.9. The third-order valence-corrected chi connectivity index (χ3v) is 5.72. The number of fused-ring (bicyclic) bond motifs is 1. The molecule has 1 aliphatic rings. The number of carbonyl (C=O) groups excluding carboxylic acids is 1. The predicted molar refractivity (Wildman–Crippen MR) is 132 cm³/mol. The fraction of sp³-hybridized carbons (Fsp3) is 0.400. The summed E-state index contributed by atoms with van der Waals surface area (Å²) in [5.74, 6) is 1.02. The lowest BCUT2D eigenvalue weighted by molar-refractivity contribution is 0.00753. The average molecular weight is 503 g/mol. The van der Waals surface area contributed by atoms with E-state index in [4.69, 9.17) is 25.8 Å². The second-order valence-electron chi connectivity index (χ2n) is 9.30. The monoisotopic (exact) mass is 502 g/mol. The predicted octanol–water partition coefficient (Wildman–Crippen LogP) is 5.95. The third kappa shape index (κ3) is 6.03. The molecular weight excluding hydrogens is 475 g/mol. The number of aromatic nitrogens is 2. The molecule has 0 spiro atoms. The summed E-state index contributed by atoms with van der Waals surface area (Å²) in [5.41, 5.74) is 0.652. The van der Waals surface area contributed by atoms with Gasteiger partial charge in [0.05, 0.1) is 24.2 Å². The average Bonchev–Trinajstić information content (AvgIpc) is 2.80. The molecule has 4 rings (SSSR count). The van der Waals surface area contributed by atoms with E-state index in [1.807, 2.05) is 20.8 Å². The van der Waals surface area contributed by atoms with Crippen LogP contribution in [0, 0.1) is 5.82 Å². The molecule has 0 aliphatic carbocycles. The number of methoxy groups -OCH3 is 1. The molecule has 1 atom stereocenters. The van der Waals surface area contributed by atoms with E-state index in [0.29, 0.717) is 47.0 Å². The van der Waals surface area contributed by atoms with Crippen LogP contribution >= 0.6 is 11.6 Å². The first kappa shape index (κ1) is 24.8. The van der Waals surface area contributed by atoms with Gasteiger partial charge in [0.15, 0.2) is 11.5 Å². The van der Waals surface area contributed by atoms with Crippen molar-refractivity contribution in [3.63, 3.8) is 0 Å². The maximum Gasteiger partial charge on any atom is 0.410 e. The van der Waals surface area contributed by atoms with Gasteiger partial charge in [0.1, 0.15) is 29.7 Å². The Bertz CT molecular complexity index is 1230. The Kier molecular flexibility index (Phi) is 7.16. The zero-order valence-electron chi connectivity index (χ0n) is 20.1. The molecule has 35 heavy (non-hydrogen) atoms. The Labute approximate surface area is 208 Å². The second kappa shape index (κ2) is 10.1. The number of amides is 1. The highest BCUT2D eigenvalue weighted by Crippen LogP contribution is 2.36. The fourth-order valence-corrected chi connectivity index (χ4v) is 4.01. The molecular formula is C25H28ClFN4O4. The topological polar surface area (TPSA) is 85.8 Å². The van der Waals surface area contributed by atoms with Crippen molar-refractivity contribution in [3.8, 4) is 11.5 Å². The summed E-state index contributed by atoms with van der Waals surface area (Å²) in [6.45, 7) is 6.55. The van der Waals surface area contributed by atoms with E-state index >= 15 is 0 Å². The minimum absolute atomic E-state index is 0.00546. The number of likely N-dealkylation sites (tertiary alicyclic amines) is 1. The molecule has 10 heteroatoms. The lowest BCUT2D eigenvalue weighted by Crippen LogP contribution is -2.46. The highest BCUT2D eigenvalue weighted by atomic mass is 35.5. The maximum atomic E-state index is 13.6. The van der Waals surface area contributed by atoms with Crippen molar-refractivity contribution in [3.05, 3.63) is 47.5 Å². The molecule has 2 heterocycles. The molecule has 1 unspecified atom stereocenters. The summed E-state index contributed by atoms with van der Waals surface area (Å²) >= 11 is 5.92. The number of halogens is 2. The molecule has 1 amide bonds. The number of benzene rings is 2. The van der Waals surface area contributed by atoms with Gasteiger partial charge in [-0.2, -0.15) is 0 Å².